The Hall–Kier alpha value is -3.06. The summed E-state index contributed by atoms with van der Waals surface area (Å²) in [6.45, 7) is 5.24. The number of cyclic esters (lactones) is 2. The average molecular weight is 435 g/mol. The Balaban J connectivity index is 1.83. The van der Waals surface area contributed by atoms with Gasteiger partial charge in [0.2, 0.25) is 0 Å². The predicted octanol–water partition coefficient (Wildman–Crippen LogP) is 4.68. The van der Waals surface area contributed by atoms with Gasteiger partial charge in [-0.05, 0) is 42.8 Å². The van der Waals surface area contributed by atoms with Gasteiger partial charge < -0.3 is 18.9 Å². The monoisotopic (exact) mass is 434 g/mol. The van der Waals surface area contributed by atoms with Crippen molar-refractivity contribution in [3.8, 4) is 11.5 Å². The fourth-order valence-corrected chi connectivity index (χ4v) is 2.96. The molecular weight excluding hydrogens is 415 g/mol. The highest BCUT2D eigenvalue weighted by Gasteiger charge is 2.38. The van der Waals surface area contributed by atoms with E-state index in [1.807, 2.05) is 6.92 Å². The third-order valence-corrected chi connectivity index (χ3v) is 4.45. The minimum Gasteiger partial charge on any atom is -0.490 e. The molecule has 8 heteroatoms. The van der Waals surface area contributed by atoms with Gasteiger partial charge >= 0.3 is 11.9 Å². The maximum absolute atomic E-state index is 13.2. The van der Waals surface area contributed by atoms with Crippen molar-refractivity contribution in [3.05, 3.63) is 63.9 Å². The van der Waals surface area contributed by atoms with Crippen molar-refractivity contribution in [1.82, 2.24) is 0 Å². The predicted molar refractivity (Wildman–Crippen MR) is 108 cm³/mol. The van der Waals surface area contributed by atoms with E-state index in [0.29, 0.717) is 29.2 Å². The number of carbonyl (C=O) groups is 2. The van der Waals surface area contributed by atoms with Gasteiger partial charge in [0.25, 0.3) is 5.79 Å². The summed E-state index contributed by atoms with van der Waals surface area (Å²) in [4.78, 5) is 24.3. The number of carbonyl (C=O) groups excluding carboxylic acids is 2. The van der Waals surface area contributed by atoms with E-state index in [9.17, 15) is 14.0 Å². The Morgan fingerprint density at radius 1 is 1.03 bits per heavy atom. The van der Waals surface area contributed by atoms with Gasteiger partial charge in [0.1, 0.15) is 18.0 Å². The highest BCUT2D eigenvalue weighted by atomic mass is 35.5. The molecule has 0 bridgehead atoms. The summed E-state index contributed by atoms with van der Waals surface area (Å²) in [6, 6.07) is 8.96. The van der Waals surface area contributed by atoms with Crippen LogP contribution in [0.5, 0.6) is 11.5 Å². The number of benzene rings is 2. The zero-order valence-corrected chi connectivity index (χ0v) is 17.4. The van der Waals surface area contributed by atoms with Crippen LogP contribution in [0.1, 0.15) is 31.9 Å². The molecule has 0 aromatic heterocycles. The summed E-state index contributed by atoms with van der Waals surface area (Å²) >= 11 is 6.03. The molecule has 1 fully saturated rings. The van der Waals surface area contributed by atoms with Crippen molar-refractivity contribution >= 4 is 29.6 Å². The van der Waals surface area contributed by atoms with E-state index in [0.717, 1.165) is 0 Å². The third kappa shape index (κ3) is 5.10. The van der Waals surface area contributed by atoms with Crippen molar-refractivity contribution in [3.63, 3.8) is 0 Å². The molecule has 6 nitrogen and oxygen atoms in total. The fourth-order valence-electron chi connectivity index (χ4n) is 2.74. The van der Waals surface area contributed by atoms with Crippen molar-refractivity contribution in [2.24, 2.45) is 0 Å². The van der Waals surface area contributed by atoms with Crippen LogP contribution in [-0.2, 0) is 25.7 Å². The summed E-state index contributed by atoms with van der Waals surface area (Å²) in [7, 11) is 0. The Morgan fingerprint density at radius 2 is 1.73 bits per heavy atom. The van der Waals surface area contributed by atoms with E-state index in [1.165, 1.54) is 32.1 Å². The SMILES string of the molecule is CCOc1cc(C=C2C(=O)OC(C)(C)OC2=O)ccc1OCc1ccc(F)cc1Cl. The quantitative estimate of drug-likeness (QED) is 0.373. The van der Waals surface area contributed by atoms with Crippen LogP contribution in [0, 0.1) is 5.82 Å². The zero-order valence-electron chi connectivity index (χ0n) is 16.7. The molecule has 0 radical (unpaired) electrons. The summed E-state index contributed by atoms with van der Waals surface area (Å²) in [5.74, 6) is -2.43. The summed E-state index contributed by atoms with van der Waals surface area (Å²) in [5.41, 5.74) is 0.916. The molecule has 0 unspecified atom stereocenters. The number of hydrogen-bond donors (Lipinski definition) is 0. The van der Waals surface area contributed by atoms with Gasteiger partial charge in [0.05, 0.1) is 11.6 Å². The van der Waals surface area contributed by atoms with Crippen LogP contribution in [0.2, 0.25) is 5.02 Å². The lowest BCUT2D eigenvalue weighted by Gasteiger charge is -2.29. The molecule has 1 aliphatic heterocycles. The molecule has 3 rings (SSSR count). The first-order valence-corrected chi connectivity index (χ1v) is 9.58. The van der Waals surface area contributed by atoms with Crippen molar-refractivity contribution in [1.29, 1.82) is 0 Å². The van der Waals surface area contributed by atoms with Crippen LogP contribution in [0.4, 0.5) is 4.39 Å². The molecule has 0 amide bonds. The topological polar surface area (TPSA) is 71.1 Å². The van der Waals surface area contributed by atoms with Gasteiger partial charge in [-0.15, -0.1) is 0 Å². The van der Waals surface area contributed by atoms with E-state index in [-0.39, 0.29) is 17.2 Å². The molecule has 2 aromatic rings. The number of rotatable bonds is 6. The fraction of sp³-hybridized carbons (Fsp3) is 0.273. The summed E-state index contributed by atoms with van der Waals surface area (Å²) in [6.07, 6.45) is 1.36. The van der Waals surface area contributed by atoms with Gasteiger partial charge in [0, 0.05) is 19.4 Å². The number of ether oxygens (including phenoxy) is 4. The molecule has 0 spiro atoms. The van der Waals surface area contributed by atoms with Crippen LogP contribution in [0.3, 0.4) is 0 Å². The van der Waals surface area contributed by atoms with Gasteiger partial charge in [-0.25, -0.2) is 14.0 Å². The van der Waals surface area contributed by atoms with Crippen molar-refractivity contribution in [2.45, 2.75) is 33.2 Å². The highest BCUT2D eigenvalue weighted by molar-refractivity contribution is 6.31. The van der Waals surface area contributed by atoms with Crippen LogP contribution in [0.15, 0.2) is 42.0 Å². The van der Waals surface area contributed by atoms with E-state index in [2.05, 4.69) is 0 Å². The van der Waals surface area contributed by atoms with Gasteiger partial charge in [-0.1, -0.05) is 23.7 Å². The molecule has 158 valence electrons. The van der Waals surface area contributed by atoms with Crippen LogP contribution in [0.25, 0.3) is 6.08 Å². The second kappa shape index (κ2) is 8.75. The van der Waals surface area contributed by atoms with Crippen LogP contribution >= 0.6 is 11.6 Å². The minimum atomic E-state index is -1.30. The van der Waals surface area contributed by atoms with Gasteiger partial charge in [-0.2, -0.15) is 0 Å². The standard InChI is InChI=1S/C22H20ClFO6/c1-4-27-19-10-13(9-16-20(25)29-22(2,3)30-21(16)26)5-8-18(19)28-12-14-6-7-15(24)11-17(14)23/h5-11H,4,12H2,1-3H3. The molecule has 0 saturated carbocycles. The molecule has 1 saturated heterocycles. The average Bonchev–Trinajstić information content (AvgIpc) is 2.65. The zero-order chi connectivity index (χ0) is 21.9. The van der Waals surface area contributed by atoms with E-state index < -0.39 is 23.5 Å². The van der Waals surface area contributed by atoms with E-state index in [4.69, 9.17) is 30.5 Å². The Labute approximate surface area is 178 Å². The molecule has 2 aromatic carbocycles. The molecular formula is C22H20ClFO6. The Morgan fingerprint density at radius 3 is 2.37 bits per heavy atom. The first-order chi connectivity index (χ1) is 14.2. The lowest BCUT2D eigenvalue weighted by molar-refractivity contribution is -0.222. The summed E-state index contributed by atoms with van der Waals surface area (Å²) in [5, 5.41) is 0.256. The van der Waals surface area contributed by atoms with Crippen LogP contribution < -0.4 is 9.47 Å². The Kier molecular flexibility index (Phi) is 6.31. The number of esters is 2. The largest absolute Gasteiger partial charge is 0.490 e. The number of hydrogen-bond acceptors (Lipinski definition) is 6. The second-order valence-corrected chi connectivity index (χ2v) is 7.31. The van der Waals surface area contributed by atoms with Gasteiger partial charge in [0.15, 0.2) is 11.5 Å². The molecule has 0 aliphatic carbocycles. The molecule has 1 aliphatic rings. The highest BCUT2D eigenvalue weighted by Crippen LogP contribution is 2.32. The van der Waals surface area contributed by atoms with E-state index in [1.54, 1.807) is 24.3 Å². The smallest absolute Gasteiger partial charge is 0.348 e. The molecule has 1 heterocycles. The van der Waals surface area contributed by atoms with E-state index >= 15 is 0 Å². The third-order valence-electron chi connectivity index (χ3n) is 4.09. The normalized spacial score (nSPS) is 15.3. The molecule has 30 heavy (non-hydrogen) atoms. The maximum Gasteiger partial charge on any atom is 0.348 e. The maximum atomic E-state index is 13.2. The first kappa shape index (κ1) is 21.6. The molecule has 0 N–H and O–H groups in total. The van der Waals surface area contributed by atoms with Crippen LogP contribution in [-0.4, -0.2) is 24.3 Å². The summed E-state index contributed by atoms with van der Waals surface area (Å²) < 4.78 is 34.8. The Bertz CT molecular complexity index is 993. The number of halogens is 2. The van der Waals surface area contributed by atoms with Crippen molar-refractivity contribution in [2.75, 3.05) is 6.61 Å². The minimum absolute atomic E-state index is 0.105. The first-order valence-electron chi connectivity index (χ1n) is 9.20. The van der Waals surface area contributed by atoms with Gasteiger partial charge in [-0.3, -0.25) is 0 Å². The lowest BCUT2D eigenvalue weighted by atomic mass is 10.1. The second-order valence-electron chi connectivity index (χ2n) is 6.90. The lowest BCUT2D eigenvalue weighted by Crippen LogP contribution is -2.41. The molecule has 0 atom stereocenters. The van der Waals surface area contributed by atoms with Crippen molar-refractivity contribution < 1.29 is 32.9 Å².